The minimum absolute atomic E-state index is 0.0982. The molecule has 2 aromatic heterocycles. The zero-order chi connectivity index (χ0) is 17.2. The molecule has 4 heterocycles. The van der Waals surface area contributed by atoms with Crippen molar-refractivity contribution < 1.29 is 0 Å². The zero-order valence-electron chi connectivity index (χ0n) is 15.0. The molecule has 0 saturated carbocycles. The molecular weight excluding hydrogens is 314 g/mol. The third kappa shape index (κ3) is 3.68. The van der Waals surface area contributed by atoms with E-state index in [0.29, 0.717) is 5.92 Å². The van der Waals surface area contributed by atoms with E-state index in [1.165, 1.54) is 24.4 Å². The van der Waals surface area contributed by atoms with Gasteiger partial charge in [0.05, 0.1) is 12.0 Å². The monoisotopic (exact) mass is 341 g/mol. The van der Waals surface area contributed by atoms with Crippen molar-refractivity contribution in [3.8, 4) is 0 Å². The topological polar surface area (TPSA) is 56.0 Å². The van der Waals surface area contributed by atoms with E-state index in [9.17, 15) is 4.79 Å². The van der Waals surface area contributed by atoms with Crippen LogP contribution >= 0.6 is 0 Å². The van der Waals surface area contributed by atoms with Crippen LogP contribution in [0.2, 0.25) is 0 Å². The fraction of sp³-hybridized carbons (Fsp3) is 0.632. The van der Waals surface area contributed by atoms with Crippen LogP contribution in [0.15, 0.2) is 23.5 Å². The van der Waals surface area contributed by atoms with Gasteiger partial charge in [-0.25, -0.2) is 9.97 Å². The molecular formula is C19H27N5O. The standard InChI is InChI=1S/C19H27N5O/c1-15-10-20-14-24(19(15)25)11-16-5-8-22(9-6-16)12-17-13-23-7-3-2-4-18(23)21-17/h10,13-14,16H,2-9,11-12H2,1H3. The average Bonchev–Trinajstić information content (AvgIpc) is 3.03. The molecule has 2 aliphatic rings. The largest absolute Gasteiger partial charge is 0.335 e. The molecule has 25 heavy (non-hydrogen) atoms. The highest BCUT2D eigenvalue weighted by Gasteiger charge is 2.21. The van der Waals surface area contributed by atoms with E-state index in [0.717, 1.165) is 57.5 Å². The van der Waals surface area contributed by atoms with E-state index >= 15 is 0 Å². The van der Waals surface area contributed by atoms with Gasteiger partial charge in [-0.15, -0.1) is 0 Å². The molecule has 2 aromatic rings. The molecule has 6 heteroatoms. The first kappa shape index (κ1) is 16.5. The number of imidazole rings is 1. The van der Waals surface area contributed by atoms with Crippen LogP contribution in [0.3, 0.4) is 0 Å². The zero-order valence-corrected chi connectivity index (χ0v) is 15.0. The highest BCUT2D eigenvalue weighted by molar-refractivity contribution is 5.06. The first-order valence-corrected chi connectivity index (χ1v) is 9.47. The third-order valence-corrected chi connectivity index (χ3v) is 5.58. The van der Waals surface area contributed by atoms with Gasteiger partial charge < -0.3 is 4.57 Å². The third-order valence-electron chi connectivity index (χ3n) is 5.58. The summed E-state index contributed by atoms with van der Waals surface area (Å²) < 4.78 is 4.11. The summed E-state index contributed by atoms with van der Waals surface area (Å²) in [5.41, 5.74) is 2.04. The Morgan fingerprint density at radius 3 is 2.84 bits per heavy atom. The number of hydrogen-bond donors (Lipinski definition) is 0. The van der Waals surface area contributed by atoms with E-state index in [1.807, 2.05) is 6.92 Å². The van der Waals surface area contributed by atoms with Gasteiger partial charge in [0, 0.05) is 44.0 Å². The molecule has 0 amide bonds. The summed E-state index contributed by atoms with van der Waals surface area (Å²) in [6.45, 7) is 6.88. The maximum atomic E-state index is 12.1. The van der Waals surface area contributed by atoms with Crippen LogP contribution in [0.1, 0.15) is 42.8 Å². The SMILES string of the molecule is Cc1cncn(CC2CCN(Cc3cn4c(n3)CCCC4)CC2)c1=O. The smallest absolute Gasteiger partial charge is 0.256 e. The summed E-state index contributed by atoms with van der Waals surface area (Å²) in [7, 11) is 0. The van der Waals surface area contributed by atoms with Gasteiger partial charge in [-0.05, 0) is 51.6 Å². The fourth-order valence-electron chi connectivity index (χ4n) is 4.07. The Balaban J connectivity index is 1.31. The van der Waals surface area contributed by atoms with Crippen LogP contribution in [0.25, 0.3) is 0 Å². The minimum Gasteiger partial charge on any atom is -0.335 e. The van der Waals surface area contributed by atoms with E-state index in [1.54, 1.807) is 17.1 Å². The summed E-state index contributed by atoms with van der Waals surface area (Å²) in [4.78, 5) is 23.6. The Kier molecular flexibility index (Phi) is 4.70. The number of nitrogens with zero attached hydrogens (tertiary/aromatic N) is 5. The molecule has 0 unspecified atom stereocenters. The van der Waals surface area contributed by atoms with Gasteiger partial charge in [-0.3, -0.25) is 14.3 Å². The lowest BCUT2D eigenvalue weighted by atomic mass is 9.96. The Bertz CT molecular complexity index is 762. The van der Waals surface area contributed by atoms with Gasteiger partial charge in [0.2, 0.25) is 0 Å². The lowest BCUT2D eigenvalue weighted by Gasteiger charge is -2.31. The van der Waals surface area contributed by atoms with Gasteiger partial charge in [-0.1, -0.05) is 0 Å². The summed E-state index contributed by atoms with van der Waals surface area (Å²) in [6, 6.07) is 0. The molecule has 0 bridgehead atoms. The second-order valence-corrected chi connectivity index (χ2v) is 7.55. The van der Waals surface area contributed by atoms with Crippen molar-refractivity contribution in [1.82, 2.24) is 24.0 Å². The average molecular weight is 341 g/mol. The molecule has 6 nitrogen and oxygen atoms in total. The number of aryl methyl sites for hydroxylation is 3. The first-order valence-electron chi connectivity index (χ1n) is 9.47. The van der Waals surface area contributed by atoms with Crippen molar-refractivity contribution in [3.63, 3.8) is 0 Å². The molecule has 0 spiro atoms. The molecule has 0 radical (unpaired) electrons. The molecule has 0 aromatic carbocycles. The Labute approximate surface area is 148 Å². The summed E-state index contributed by atoms with van der Waals surface area (Å²) >= 11 is 0. The Morgan fingerprint density at radius 2 is 2.04 bits per heavy atom. The molecule has 4 rings (SSSR count). The first-order chi connectivity index (χ1) is 12.2. The van der Waals surface area contributed by atoms with Crippen molar-refractivity contribution in [1.29, 1.82) is 0 Å². The molecule has 0 atom stereocenters. The number of fused-ring (bicyclic) bond motifs is 1. The number of piperidine rings is 1. The van der Waals surface area contributed by atoms with E-state index in [2.05, 4.69) is 20.6 Å². The fourth-order valence-corrected chi connectivity index (χ4v) is 4.07. The van der Waals surface area contributed by atoms with Crippen LogP contribution in [0.5, 0.6) is 0 Å². The minimum atomic E-state index is 0.0982. The van der Waals surface area contributed by atoms with E-state index < -0.39 is 0 Å². The van der Waals surface area contributed by atoms with Crippen LogP contribution < -0.4 is 5.56 Å². The number of aromatic nitrogens is 4. The predicted octanol–water partition coefficient (Wildman–Crippen LogP) is 2.00. The van der Waals surface area contributed by atoms with Gasteiger partial charge in [-0.2, -0.15) is 0 Å². The van der Waals surface area contributed by atoms with E-state index in [4.69, 9.17) is 4.98 Å². The Hall–Kier alpha value is -1.95. The van der Waals surface area contributed by atoms with Crippen LogP contribution in [-0.4, -0.2) is 37.1 Å². The maximum absolute atomic E-state index is 12.1. The van der Waals surface area contributed by atoms with Crippen molar-refractivity contribution in [2.24, 2.45) is 5.92 Å². The summed E-state index contributed by atoms with van der Waals surface area (Å²) in [6.07, 6.45) is 11.5. The predicted molar refractivity (Wildman–Crippen MR) is 96.4 cm³/mol. The van der Waals surface area contributed by atoms with Gasteiger partial charge in [0.25, 0.3) is 5.56 Å². The molecule has 1 saturated heterocycles. The second kappa shape index (κ2) is 7.12. The van der Waals surface area contributed by atoms with Gasteiger partial charge in [0.1, 0.15) is 5.82 Å². The van der Waals surface area contributed by atoms with Crippen molar-refractivity contribution in [3.05, 3.63) is 46.2 Å². The highest BCUT2D eigenvalue weighted by atomic mass is 16.1. The number of hydrogen-bond acceptors (Lipinski definition) is 4. The van der Waals surface area contributed by atoms with Crippen molar-refractivity contribution >= 4 is 0 Å². The van der Waals surface area contributed by atoms with Crippen molar-refractivity contribution in [2.75, 3.05) is 13.1 Å². The summed E-state index contributed by atoms with van der Waals surface area (Å²) in [5, 5.41) is 0. The van der Waals surface area contributed by atoms with E-state index in [-0.39, 0.29) is 5.56 Å². The van der Waals surface area contributed by atoms with Crippen LogP contribution in [0.4, 0.5) is 0 Å². The number of rotatable bonds is 4. The summed E-state index contributed by atoms with van der Waals surface area (Å²) in [5.74, 6) is 1.83. The molecule has 0 aliphatic carbocycles. The van der Waals surface area contributed by atoms with Gasteiger partial charge in [0.15, 0.2) is 0 Å². The van der Waals surface area contributed by atoms with Crippen LogP contribution in [-0.2, 0) is 26.1 Å². The number of likely N-dealkylation sites (tertiary alicyclic amines) is 1. The second-order valence-electron chi connectivity index (χ2n) is 7.55. The Morgan fingerprint density at radius 1 is 1.20 bits per heavy atom. The van der Waals surface area contributed by atoms with Crippen LogP contribution in [0, 0.1) is 12.8 Å². The molecule has 2 aliphatic heterocycles. The van der Waals surface area contributed by atoms with Crippen molar-refractivity contribution in [2.45, 2.75) is 58.7 Å². The molecule has 1 fully saturated rings. The molecule has 134 valence electrons. The lowest BCUT2D eigenvalue weighted by molar-refractivity contribution is 0.165. The quantitative estimate of drug-likeness (QED) is 0.853. The highest BCUT2D eigenvalue weighted by Crippen LogP contribution is 2.21. The normalized spacial score (nSPS) is 19.1. The van der Waals surface area contributed by atoms with Gasteiger partial charge >= 0.3 is 0 Å². The molecule has 0 N–H and O–H groups in total. The maximum Gasteiger partial charge on any atom is 0.256 e. The lowest BCUT2D eigenvalue weighted by Crippen LogP contribution is -2.36.